The number of benzene rings is 4. The van der Waals surface area contributed by atoms with Gasteiger partial charge in [-0.2, -0.15) is 0 Å². The van der Waals surface area contributed by atoms with Gasteiger partial charge in [-0.25, -0.2) is 50.1 Å². The molecule has 0 spiro atoms. The number of ketones is 2. The van der Waals surface area contributed by atoms with Crippen molar-refractivity contribution in [1.29, 1.82) is 0 Å². The van der Waals surface area contributed by atoms with Gasteiger partial charge >= 0.3 is 7.60 Å². The minimum atomic E-state index is -3.82. The standard InChI is InChI=1S/C32H36N7O5P.C31H35N8O6P/c1-5-38(24-16-12-22(13-17-24)9-8-21-10-14-23(34-2)15-11-21)18-6-7-25(40)28-27(41)29(44-45(3,4)42)32(43-28)39-20-37-26-30(33)35-19-36-31(26)39;1-4-38(23-15-11-21(12-16-23)8-7-20-9-13-22(34-2)14-10-20)17-5-6-24(40)27-28(44-46(3,42)45-33)26(41)31(43-27)39-19-37-25-29(32)35-18-36-30(25)39/h8-17,19-20,27-29,32,41-42H,3,5-7,18H2,1,4H3,(H2,33,35,36);7-16,18-19,26-28,31,41H,4-6,17,33H2,1,3H3,(H2,32,35,36)/b9-8+;8-7+/t27-,28-,29-,32-,45?;26-,27-,28+,31-,46?/m11/s1. The Labute approximate surface area is 525 Å². The van der Waals surface area contributed by atoms with Crippen LogP contribution in [-0.4, -0.2) is 148 Å². The molecule has 2 saturated heterocycles. The molecular weight excluding hydrogens is 1200 g/mol. The summed E-state index contributed by atoms with van der Waals surface area (Å²) in [5.74, 6) is 4.85. The minimum Gasteiger partial charge on any atom is -0.387 e. The zero-order valence-electron chi connectivity index (χ0n) is 50.4. The lowest BCUT2D eigenvalue weighted by atomic mass is 10.0. The van der Waals surface area contributed by atoms with E-state index in [9.17, 15) is 29.3 Å². The fraction of sp³-hybridized carbons (Fsp3) is 0.317. The summed E-state index contributed by atoms with van der Waals surface area (Å²) in [6.45, 7) is 23.5. The molecule has 0 amide bonds. The molecule has 8 aromatic rings. The topological polar surface area (TPSA) is 339 Å². The van der Waals surface area contributed by atoms with Gasteiger partial charge < -0.3 is 50.4 Å². The maximum absolute atomic E-state index is 13.5. The Bertz CT molecular complexity index is 4080. The molecule has 6 heterocycles. The Kier molecular flexibility index (Phi) is 21.8. The number of carbonyl (C=O) groups excluding carboxylic acids is 2. The lowest BCUT2D eigenvalue weighted by Crippen LogP contribution is -2.38. The summed E-state index contributed by atoms with van der Waals surface area (Å²) in [4.78, 5) is 73.1. The van der Waals surface area contributed by atoms with Gasteiger partial charge in [0.25, 0.3) is 0 Å². The van der Waals surface area contributed by atoms with Gasteiger partial charge in [0.1, 0.15) is 67.7 Å². The highest BCUT2D eigenvalue weighted by Crippen LogP contribution is 2.49. The zero-order valence-corrected chi connectivity index (χ0v) is 52.2. The number of fused-ring (bicyclic) bond motifs is 2. The monoisotopic (exact) mass is 1280 g/mol. The second-order valence-corrected chi connectivity index (χ2v) is 25.9. The van der Waals surface area contributed by atoms with Gasteiger partial charge in [-0.05, 0) is 73.2 Å². The number of Topliss-reactive ketones (excluding diaryl/α,β-unsaturated/α-hetero) is 2. The molecule has 10 atom stereocenters. The molecule has 0 bridgehead atoms. The molecule has 2 unspecified atom stereocenters. The molecule has 0 aliphatic carbocycles. The first-order valence-corrected chi connectivity index (χ1v) is 33.4. The van der Waals surface area contributed by atoms with Crippen LogP contribution in [0.25, 0.3) is 56.3 Å². The van der Waals surface area contributed by atoms with Gasteiger partial charge in [-0.15, -0.1) is 0 Å². The minimum absolute atomic E-state index is 0.102. The van der Waals surface area contributed by atoms with Gasteiger partial charge in [-0.3, -0.25) is 27.8 Å². The van der Waals surface area contributed by atoms with Crippen LogP contribution in [0.4, 0.5) is 34.4 Å². The number of aliphatic hydroxyl groups is 2. The number of hydrogen-bond acceptors (Lipinski definition) is 22. The van der Waals surface area contributed by atoms with Crippen LogP contribution >= 0.6 is 14.9 Å². The van der Waals surface area contributed by atoms with Crippen LogP contribution in [0, 0.1) is 13.1 Å². The van der Waals surface area contributed by atoms with Crippen LogP contribution in [0.2, 0.25) is 0 Å². The van der Waals surface area contributed by atoms with Gasteiger partial charge in [0.2, 0.25) is 0 Å². The number of imidazole rings is 2. The molecule has 0 saturated carbocycles. The summed E-state index contributed by atoms with van der Waals surface area (Å²) >= 11 is 0. The van der Waals surface area contributed by atoms with Crippen molar-refractivity contribution in [2.24, 2.45) is 5.90 Å². The number of nitrogen functional groups attached to an aromatic ring is 2. The molecule has 4 aromatic heterocycles. The number of aromatic nitrogens is 8. The summed E-state index contributed by atoms with van der Waals surface area (Å²) < 4.78 is 43.5. The highest BCUT2D eigenvalue weighted by atomic mass is 31.2. The highest BCUT2D eigenvalue weighted by Gasteiger charge is 2.52. The number of ether oxygens (including phenoxy) is 2. The fourth-order valence-electron chi connectivity index (χ4n) is 10.5. The molecule has 26 nitrogen and oxygen atoms in total. The Balaban J connectivity index is 0.000000215. The summed E-state index contributed by atoms with van der Waals surface area (Å²) in [5.41, 5.74) is 20.4. The molecule has 474 valence electrons. The van der Waals surface area contributed by atoms with Crippen molar-refractivity contribution in [2.45, 2.75) is 88.6 Å². The molecule has 91 heavy (non-hydrogen) atoms. The molecule has 4 aromatic carbocycles. The Hall–Kier alpha value is -8.85. The van der Waals surface area contributed by atoms with Crippen molar-refractivity contribution in [2.75, 3.05) is 60.8 Å². The van der Waals surface area contributed by atoms with E-state index < -0.39 is 64.0 Å². The molecule has 10 rings (SSSR count). The van der Waals surface area contributed by atoms with E-state index in [2.05, 4.69) is 67.2 Å². The first kappa shape index (κ1) is 66.6. The summed E-state index contributed by atoms with van der Waals surface area (Å²) in [5, 5.41) is 22.4. The fourth-order valence-corrected chi connectivity index (χ4v) is 12.0. The van der Waals surface area contributed by atoms with Crippen LogP contribution < -0.4 is 27.2 Å². The molecular formula is C63H71N15O11P2. The van der Waals surface area contributed by atoms with Crippen LogP contribution in [0.5, 0.6) is 0 Å². The molecule has 2 fully saturated rings. The number of aliphatic hydroxyl groups excluding tert-OH is 2. The van der Waals surface area contributed by atoms with E-state index in [1.165, 1.54) is 41.1 Å². The lowest BCUT2D eigenvalue weighted by Gasteiger charge is -2.25. The van der Waals surface area contributed by atoms with E-state index in [1.807, 2.05) is 104 Å². The van der Waals surface area contributed by atoms with Gasteiger partial charge in [0.05, 0.1) is 25.8 Å². The normalized spacial score (nSPS) is 21.0. The zero-order chi connectivity index (χ0) is 65.0. The first-order valence-electron chi connectivity index (χ1n) is 29.1. The number of nitrogens with zero attached hydrogens (tertiary/aromatic N) is 12. The smallest absolute Gasteiger partial charge is 0.344 e. The first-order chi connectivity index (χ1) is 43.7. The predicted octanol–water partition coefficient (Wildman–Crippen LogP) is 8.91. The molecule has 2 aliphatic rings. The lowest BCUT2D eigenvalue weighted by molar-refractivity contribution is -0.135. The van der Waals surface area contributed by atoms with Crippen LogP contribution in [-0.2, 0) is 37.3 Å². The Morgan fingerprint density at radius 3 is 1.44 bits per heavy atom. The van der Waals surface area contributed by atoms with E-state index in [0.717, 1.165) is 53.4 Å². The molecule has 0 radical (unpaired) electrons. The summed E-state index contributed by atoms with van der Waals surface area (Å²) in [6.07, 6.45) is 8.52. The maximum Gasteiger partial charge on any atom is 0.344 e. The average molecular weight is 1280 g/mol. The average Bonchev–Trinajstić information content (AvgIpc) is 1.64. The number of carbonyl (C=O) groups is 2. The third-order valence-electron chi connectivity index (χ3n) is 15.2. The predicted molar refractivity (Wildman–Crippen MR) is 350 cm³/mol. The second-order valence-electron chi connectivity index (χ2n) is 21.7. The SMILES string of the molecule is [C-]#[N+]c1ccc(/C=C/c2ccc(N(CC)CCCC(=O)[C@H]3O[C@@H](n4cnc5c(N)ncnc54)[C@H](O)[C@@H]3OP(C)(=O)ON)cc2)cc1.[C-]#[N+]c1ccc(/C=C/c2ccc(N(CC)CCCC(=O)[C@H]3O[C@@H](n4cnc5c(N)ncnc54)[C@H](OP(=C)(C)O)[C@@H]3O)cc2)cc1. The molecule has 2 aliphatic heterocycles. The third kappa shape index (κ3) is 16.4. The van der Waals surface area contributed by atoms with Crippen molar-refractivity contribution in [3.05, 3.63) is 167 Å². The second kappa shape index (κ2) is 29.9. The highest BCUT2D eigenvalue weighted by molar-refractivity contribution is 7.62. The van der Waals surface area contributed by atoms with Crippen LogP contribution in [0.3, 0.4) is 0 Å². The quantitative estimate of drug-likeness (QED) is 0.0134. The van der Waals surface area contributed by atoms with Crippen molar-refractivity contribution >= 4 is 114 Å². The Morgan fingerprint density at radius 2 is 1.03 bits per heavy atom. The van der Waals surface area contributed by atoms with Crippen molar-refractivity contribution < 1.29 is 52.4 Å². The number of nitrogens with two attached hydrogens (primary N) is 3. The number of anilines is 4. The van der Waals surface area contributed by atoms with Crippen LogP contribution in [0.1, 0.15) is 74.2 Å². The third-order valence-corrected chi connectivity index (χ3v) is 16.9. The maximum atomic E-state index is 13.5. The van der Waals surface area contributed by atoms with E-state index in [1.54, 1.807) is 24.3 Å². The number of rotatable bonds is 25. The Morgan fingerprint density at radius 1 is 0.626 bits per heavy atom. The van der Waals surface area contributed by atoms with E-state index in [4.69, 9.17) is 49.0 Å². The van der Waals surface area contributed by atoms with E-state index in [0.29, 0.717) is 54.0 Å². The van der Waals surface area contributed by atoms with E-state index >= 15 is 0 Å². The molecule has 28 heteroatoms. The van der Waals surface area contributed by atoms with E-state index in [-0.39, 0.29) is 41.7 Å². The van der Waals surface area contributed by atoms with Crippen molar-refractivity contribution in [1.82, 2.24) is 39.0 Å². The van der Waals surface area contributed by atoms with Crippen molar-refractivity contribution in [3.63, 3.8) is 0 Å². The number of hydrogen-bond donors (Lipinski definition) is 6. The van der Waals surface area contributed by atoms with Gasteiger partial charge in [0.15, 0.2) is 58.3 Å². The van der Waals surface area contributed by atoms with Gasteiger partial charge in [-0.1, -0.05) is 103 Å². The molecule has 9 N–H and O–H groups in total. The summed E-state index contributed by atoms with van der Waals surface area (Å²) in [6, 6.07) is 31.1. The summed E-state index contributed by atoms with van der Waals surface area (Å²) in [7, 11) is -6.90. The van der Waals surface area contributed by atoms with Gasteiger partial charge in [0, 0.05) is 63.7 Å². The largest absolute Gasteiger partial charge is 0.387 e. The van der Waals surface area contributed by atoms with Crippen LogP contribution in [0.15, 0.2) is 122 Å². The van der Waals surface area contributed by atoms with Crippen molar-refractivity contribution in [3.8, 4) is 0 Å².